The van der Waals surface area contributed by atoms with Gasteiger partial charge in [0.1, 0.15) is 0 Å². The van der Waals surface area contributed by atoms with E-state index >= 15 is 0 Å². The lowest BCUT2D eigenvalue weighted by Gasteiger charge is -2.29. The van der Waals surface area contributed by atoms with Gasteiger partial charge in [0.25, 0.3) is 0 Å². The minimum absolute atomic E-state index is 0.0612. The van der Waals surface area contributed by atoms with Gasteiger partial charge in [0.15, 0.2) is 0 Å². The molecule has 2 unspecified atom stereocenters. The van der Waals surface area contributed by atoms with Gasteiger partial charge < -0.3 is 5.32 Å². The number of amides is 1. The smallest absolute Gasteiger partial charge is 0.221 e. The van der Waals surface area contributed by atoms with Crippen LogP contribution in [-0.2, 0) is 10.2 Å². The van der Waals surface area contributed by atoms with E-state index in [4.69, 9.17) is 23.2 Å². The topological polar surface area (TPSA) is 29.1 Å². The molecule has 0 bridgehead atoms. The molecule has 0 radical (unpaired) electrons. The van der Waals surface area contributed by atoms with Crippen molar-refractivity contribution >= 4 is 29.1 Å². The van der Waals surface area contributed by atoms with Gasteiger partial charge in [-0.15, -0.1) is 0 Å². The maximum atomic E-state index is 11.5. The number of benzene rings is 1. The van der Waals surface area contributed by atoms with Crippen molar-refractivity contribution in [2.75, 3.05) is 0 Å². The van der Waals surface area contributed by atoms with E-state index in [1.54, 1.807) is 12.1 Å². The summed E-state index contributed by atoms with van der Waals surface area (Å²) >= 11 is 12.2. The molecule has 1 aliphatic heterocycles. The van der Waals surface area contributed by atoms with E-state index in [-0.39, 0.29) is 17.4 Å². The second-order valence-electron chi connectivity index (χ2n) is 4.51. The Kier molecular flexibility index (Phi) is 2.89. The van der Waals surface area contributed by atoms with E-state index < -0.39 is 0 Å². The second kappa shape index (κ2) is 3.94. The van der Waals surface area contributed by atoms with Gasteiger partial charge in [-0.2, -0.15) is 0 Å². The Morgan fingerprint density at radius 1 is 1.44 bits per heavy atom. The highest BCUT2D eigenvalue weighted by molar-refractivity contribution is 6.33. The third-order valence-electron chi connectivity index (χ3n) is 3.40. The van der Waals surface area contributed by atoms with Gasteiger partial charge in [-0.3, -0.25) is 4.79 Å². The lowest BCUT2D eigenvalue weighted by atomic mass is 9.76. The molecule has 1 heterocycles. The summed E-state index contributed by atoms with van der Waals surface area (Å²) < 4.78 is 0. The SMILES string of the molecule is CC1NC(=O)CC1(C)c1cc(Cl)ccc1Cl. The molecule has 2 nitrogen and oxygen atoms in total. The quantitative estimate of drug-likeness (QED) is 0.823. The summed E-state index contributed by atoms with van der Waals surface area (Å²) in [5.74, 6) is 0.0612. The highest BCUT2D eigenvalue weighted by Gasteiger charge is 2.43. The summed E-state index contributed by atoms with van der Waals surface area (Å²) in [4.78, 5) is 11.5. The van der Waals surface area contributed by atoms with Crippen LogP contribution in [0.4, 0.5) is 0 Å². The lowest BCUT2D eigenvalue weighted by molar-refractivity contribution is -0.119. The number of carbonyl (C=O) groups is 1. The van der Waals surface area contributed by atoms with Crippen molar-refractivity contribution in [3.05, 3.63) is 33.8 Å². The van der Waals surface area contributed by atoms with E-state index in [0.717, 1.165) is 5.56 Å². The lowest BCUT2D eigenvalue weighted by Crippen LogP contribution is -2.35. The number of carbonyl (C=O) groups excluding carboxylic acids is 1. The van der Waals surface area contributed by atoms with Crippen molar-refractivity contribution in [3.8, 4) is 0 Å². The first-order valence-corrected chi connectivity index (χ1v) is 5.94. The van der Waals surface area contributed by atoms with Gasteiger partial charge in [0.05, 0.1) is 0 Å². The van der Waals surface area contributed by atoms with E-state index in [1.165, 1.54) is 0 Å². The molecule has 2 rings (SSSR count). The van der Waals surface area contributed by atoms with E-state index in [0.29, 0.717) is 16.5 Å². The van der Waals surface area contributed by atoms with Crippen molar-refractivity contribution in [3.63, 3.8) is 0 Å². The molecule has 1 aromatic rings. The fourth-order valence-electron chi connectivity index (χ4n) is 2.20. The van der Waals surface area contributed by atoms with Crippen molar-refractivity contribution in [2.45, 2.75) is 31.7 Å². The summed E-state index contributed by atoms with van der Waals surface area (Å²) in [7, 11) is 0. The standard InChI is InChI=1S/C12H13Cl2NO/c1-7-12(2,6-11(16)15-7)9-5-8(13)3-4-10(9)14/h3-5,7H,6H2,1-2H3,(H,15,16). The summed E-state index contributed by atoms with van der Waals surface area (Å²) in [6.07, 6.45) is 0.453. The van der Waals surface area contributed by atoms with Crippen LogP contribution in [0, 0.1) is 0 Å². The van der Waals surface area contributed by atoms with Crippen molar-refractivity contribution in [1.82, 2.24) is 5.32 Å². The fourth-order valence-corrected chi connectivity index (χ4v) is 2.71. The van der Waals surface area contributed by atoms with Gasteiger partial charge in [-0.1, -0.05) is 30.1 Å². The maximum Gasteiger partial charge on any atom is 0.221 e. The van der Waals surface area contributed by atoms with E-state index in [1.807, 2.05) is 19.9 Å². The number of halogens is 2. The average Bonchev–Trinajstić information content (AvgIpc) is 2.46. The summed E-state index contributed by atoms with van der Waals surface area (Å²) in [6.45, 7) is 4.02. The zero-order valence-electron chi connectivity index (χ0n) is 9.18. The summed E-state index contributed by atoms with van der Waals surface area (Å²) in [6, 6.07) is 5.45. The van der Waals surface area contributed by atoms with Crippen molar-refractivity contribution < 1.29 is 4.79 Å². The molecule has 1 amide bonds. The molecular weight excluding hydrogens is 245 g/mol. The van der Waals surface area contributed by atoms with Crippen LogP contribution in [-0.4, -0.2) is 11.9 Å². The molecule has 1 saturated heterocycles. The molecule has 86 valence electrons. The highest BCUT2D eigenvalue weighted by Crippen LogP contribution is 2.40. The van der Waals surface area contributed by atoms with Gasteiger partial charge in [-0.25, -0.2) is 0 Å². The Labute approximate surface area is 105 Å². The number of nitrogens with one attached hydrogen (secondary N) is 1. The number of hydrogen-bond acceptors (Lipinski definition) is 1. The largest absolute Gasteiger partial charge is 0.353 e. The minimum Gasteiger partial charge on any atom is -0.353 e. The molecule has 1 aliphatic rings. The Bertz CT molecular complexity index is 447. The highest BCUT2D eigenvalue weighted by atomic mass is 35.5. The first kappa shape index (κ1) is 11.7. The number of rotatable bonds is 1. The Morgan fingerprint density at radius 2 is 2.12 bits per heavy atom. The first-order valence-electron chi connectivity index (χ1n) is 5.18. The van der Waals surface area contributed by atoms with E-state index in [9.17, 15) is 4.79 Å². The molecule has 1 aromatic carbocycles. The van der Waals surface area contributed by atoms with Crippen molar-refractivity contribution in [2.24, 2.45) is 0 Å². The van der Waals surface area contributed by atoms with Crippen LogP contribution < -0.4 is 5.32 Å². The fraction of sp³-hybridized carbons (Fsp3) is 0.417. The molecule has 16 heavy (non-hydrogen) atoms. The average molecular weight is 258 g/mol. The predicted molar refractivity (Wildman–Crippen MR) is 66.0 cm³/mol. The van der Waals surface area contributed by atoms with Crippen LogP contribution in [0.5, 0.6) is 0 Å². The molecule has 0 saturated carbocycles. The molecule has 2 atom stereocenters. The van der Waals surface area contributed by atoms with E-state index in [2.05, 4.69) is 5.32 Å². The van der Waals surface area contributed by atoms with Gasteiger partial charge in [-0.05, 0) is 30.7 Å². The molecule has 1 fully saturated rings. The van der Waals surface area contributed by atoms with Crippen LogP contribution in [0.25, 0.3) is 0 Å². The molecule has 0 aliphatic carbocycles. The molecule has 0 spiro atoms. The molecule has 0 aromatic heterocycles. The van der Waals surface area contributed by atoms with Gasteiger partial charge in [0.2, 0.25) is 5.91 Å². The van der Waals surface area contributed by atoms with Gasteiger partial charge >= 0.3 is 0 Å². The van der Waals surface area contributed by atoms with Gasteiger partial charge in [0, 0.05) is 27.9 Å². The van der Waals surface area contributed by atoms with Crippen LogP contribution >= 0.6 is 23.2 Å². The zero-order valence-corrected chi connectivity index (χ0v) is 10.7. The maximum absolute atomic E-state index is 11.5. The third-order valence-corrected chi connectivity index (χ3v) is 3.97. The summed E-state index contributed by atoms with van der Waals surface area (Å²) in [5, 5.41) is 4.22. The van der Waals surface area contributed by atoms with Crippen LogP contribution in [0.1, 0.15) is 25.8 Å². The first-order chi connectivity index (χ1) is 7.43. The number of hydrogen-bond donors (Lipinski definition) is 1. The Hall–Kier alpha value is -0.730. The monoisotopic (exact) mass is 257 g/mol. The summed E-state index contributed by atoms with van der Waals surface area (Å²) in [5.41, 5.74) is 0.659. The van der Waals surface area contributed by atoms with Crippen LogP contribution in [0.3, 0.4) is 0 Å². The normalized spacial score (nSPS) is 29.2. The third kappa shape index (κ3) is 1.80. The molecule has 1 N–H and O–H groups in total. The Morgan fingerprint density at radius 3 is 2.69 bits per heavy atom. The van der Waals surface area contributed by atoms with Crippen LogP contribution in [0.15, 0.2) is 18.2 Å². The predicted octanol–water partition coefficient (Wildman–Crippen LogP) is 3.16. The zero-order chi connectivity index (χ0) is 11.9. The second-order valence-corrected chi connectivity index (χ2v) is 5.35. The van der Waals surface area contributed by atoms with Crippen molar-refractivity contribution in [1.29, 1.82) is 0 Å². The molecular formula is C12H13Cl2NO. The van der Waals surface area contributed by atoms with Crippen LogP contribution in [0.2, 0.25) is 10.0 Å². The molecule has 4 heteroatoms. The Balaban J connectivity index is 2.50. The minimum atomic E-state index is -0.279.